The molecule has 1 aliphatic heterocycles. The highest BCUT2D eigenvalue weighted by Crippen LogP contribution is 2.09. The molecule has 0 saturated carbocycles. The van der Waals surface area contributed by atoms with Crippen molar-refractivity contribution in [3.63, 3.8) is 0 Å². The monoisotopic (exact) mass is 363 g/mol. The van der Waals surface area contributed by atoms with Crippen molar-refractivity contribution >= 4 is 17.8 Å². The van der Waals surface area contributed by atoms with Crippen LogP contribution in [-0.2, 0) is 14.3 Å². The first-order chi connectivity index (χ1) is 12.5. The number of rotatable bonds is 6. The van der Waals surface area contributed by atoms with Crippen LogP contribution in [0.1, 0.15) is 18.5 Å². The zero-order valence-electron chi connectivity index (χ0n) is 15.3. The van der Waals surface area contributed by atoms with Gasteiger partial charge in [0.05, 0.1) is 20.3 Å². The zero-order valence-corrected chi connectivity index (χ0v) is 15.3. The number of imide groups is 1. The Hall–Kier alpha value is -2.45. The molecule has 0 spiro atoms. The highest BCUT2D eigenvalue weighted by Gasteiger charge is 2.32. The number of urea groups is 1. The van der Waals surface area contributed by atoms with Gasteiger partial charge in [0.15, 0.2) is 12.6 Å². The summed E-state index contributed by atoms with van der Waals surface area (Å²) in [5.74, 6) is -0.466. The minimum absolute atomic E-state index is 0.0301. The molecule has 0 aromatic heterocycles. The van der Waals surface area contributed by atoms with Gasteiger partial charge >= 0.3 is 6.03 Å². The number of ether oxygens (including phenoxy) is 1. The maximum atomic E-state index is 12.7. The Morgan fingerprint density at radius 1 is 1.19 bits per heavy atom. The van der Waals surface area contributed by atoms with Gasteiger partial charge in [0.1, 0.15) is 0 Å². The fraction of sp³-hybridized carbons (Fsp3) is 0.500. The lowest BCUT2D eigenvalue weighted by atomic mass is 10.0. The molecular weight excluding hydrogens is 336 g/mol. The van der Waals surface area contributed by atoms with Crippen LogP contribution in [0.25, 0.3) is 0 Å². The van der Waals surface area contributed by atoms with Crippen LogP contribution in [0.3, 0.4) is 0 Å². The van der Waals surface area contributed by atoms with Crippen molar-refractivity contribution in [1.82, 2.24) is 15.5 Å². The van der Waals surface area contributed by atoms with Gasteiger partial charge in [-0.2, -0.15) is 0 Å². The molecule has 1 aliphatic rings. The number of morpholine rings is 1. The van der Waals surface area contributed by atoms with E-state index in [0.717, 1.165) is 5.56 Å². The molecule has 1 aromatic carbocycles. The quantitative estimate of drug-likeness (QED) is 0.601. The molecule has 8 heteroatoms. The minimum atomic E-state index is -0.663. The summed E-state index contributed by atoms with van der Waals surface area (Å²) in [5, 5.41) is 4.90. The summed E-state index contributed by atoms with van der Waals surface area (Å²) in [5.41, 5.74) is 0.751. The van der Waals surface area contributed by atoms with Gasteiger partial charge < -0.3 is 19.9 Å². The van der Waals surface area contributed by atoms with Gasteiger partial charge in [-0.05, 0) is 6.92 Å². The molecule has 142 valence electrons. The predicted molar refractivity (Wildman–Crippen MR) is 95.6 cm³/mol. The average Bonchev–Trinajstić information content (AvgIpc) is 2.63. The van der Waals surface area contributed by atoms with Crippen LogP contribution in [0.2, 0.25) is 0 Å². The fourth-order valence-corrected chi connectivity index (χ4v) is 2.96. The van der Waals surface area contributed by atoms with E-state index in [-0.39, 0.29) is 12.5 Å². The van der Waals surface area contributed by atoms with Gasteiger partial charge in [-0.3, -0.25) is 14.9 Å². The number of hydrogen-bond donors (Lipinski definition) is 3. The van der Waals surface area contributed by atoms with Crippen molar-refractivity contribution in [1.29, 1.82) is 0 Å². The molecule has 3 N–H and O–H groups in total. The number of amides is 4. The van der Waals surface area contributed by atoms with E-state index in [4.69, 9.17) is 4.74 Å². The average molecular weight is 363 g/mol. The van der Waals surface area contributed by atoms with Gasteiger partial charge in [-0.25, -0.2) is 4.79 Å². The van der Waals surface area contributed by atoms with Crippen molar-refractivity contribution in [2.45, 2.75) is 13.0 Å². The van der Waals surface area contributed by atoms with E-state index >= 15 is 0 Å². The van der Waals surface area contributed by atoms with Crippen LogP contribution in [0.5, 0.6) is 0 Å². The SMILES string of the molecule is CCNC(=O)NC(=O)[C@H](c1ccccc1)[NH+](C)CC(=O)N1CCOCC1. The van der Waals surface area contributed by atoms with Crippen LogP contribution in [0, 0.1) is 0 Å². The van der Waals surface area contributed by atoms with Gasteiger partial charge in [-0.15, -0.1) is 0 Å². The molecular formula is C18H27N4O4+. The lowest BCUT2D eigenvalue weighted by Gasteiger charge is -2.29. The van der Waals surface area contributed by atoms with Gasteiger partial charge in [0.25, 0.3) is 11.8 Å². The highest BCUT2D eigenvalue weighted by molar-refractivity contribution is 5.96. The van der Waals surface area contributed by atoms with E-state index in [2.05, 4.69) is 10.6 Å². The molecule has 1 aromatic rings. The molecule has 4 amide bonds. The molecule has 0 aliphatic carbocycles. The summed E-state index contributed by atoms with van der Waals surface area (Å²) in [6.07, 6.45) is 0. The van der Waals surface area contributed by atoms with Crippen LogP contribution >= 0.6 is 0 Å². The first-order valence-corrected chi connectivity index (χ1v) is 8.84. The molecule has 2 atom stereocenters. The summed E-state index contributed by atoms with van der Waals surface area (Å²) >= 11 is 0. The van der Waals surface area contributed by atoms with Gasteiger partial charge in [0, 0.05) is 25.2 Å². The molecule has 1 unspecified atom stereocenters. The largest absolute Gasteiger partial charge is 0.378 e. The minimum Gasteiger partial charge on any atom is -0.378 e. The number of carbonyl (C=O) groups is 3. The van der Waals surface area contributed by atoms with Crippen molar-refractivity contribution in [2.75, 3.05) is 46.4 Å². The molecule has 1 saturated heterocycles. The lowest BCUT2D eigenvalue weighted by Crippen LogP contribution is -3.11. The summed E-state index contributed by atoms with van der Waals surface area (Å²) in [6, 6.07) is 7.97. The number of benzene rings is 1. The molecule has 0 bridgehead atoms. The van der Waals surface area contributed by atoms with Crippen molar-refractivity contribution in [2.24, 2.45) is 0 Å². The van der Waals surface area contributed by atoms with Crippen molar-refractivity contribution < 1.29 is 24.0 Å². The maximum Gasteiger partial charge on any atom is 0.321 e. The number of carbonyl (C=O) groups excluding carboxylic acids is 3. The normalized spacial score (nSPS) is 16.5. The van der Waals surface area contributed by atoms with Crippen LogP contribution in [0.15, 0.2) is 30.3 Å². The van der Waals surface area contributed by atoms with Crippen LogP contribution < -0.4 is 15.5 Å². The standard InChI is InChI=1S/C18H26N4O4/c1-3-19-18(25)20-17(24)16(14-7-5-4-6-8-14)21(2)13-15(23)22-9-11-26-12-10-22/h4-8,16H,3,9-13H2,1-2H3,(H2,19,20,24,25)/p+1/t16-/m0/s1. The highest BCUT2D eigenvalue weighted by atomic mass is 16.5. The second kappa shape index (κ2) is 9.88. The van der Waals surface area contributed by atoms with Gasteiger partial charge in [0.2, 0.25) is 0 Å². The number of likely N-dealkylation sites (N-methyl/N-ethyl adjacent to an activating group) is 1. The third-order valence-corrected chi connectivity index (χ3v) is 4.26. The Morgan fingerprint density at radius 3 is 2.46 bits per heavy atom. The predicted octanol–water partition coefficient (Wildman–Crippen LogP) is -1.05. The second-order valence-electron chi connectivity index (χ2n) is 6.21. The first kappa shape index (κ1) is 19.9. The Kier molecular flexibility index (Phi) is 7.55. The van der Waals surface area contributed by atoms with E-state index < -0.39 is 18.0 Å². The van der Waals surface area contributed by atoms with E-state index in [1.54, 1.807) is 18.9 Å². The second-order valence-corrected chi connectivity index (χ2v) is 6.21. The zero-order chi connectivity index (χ0) is 18.9. The maximum absolute atomic E-state index is 12.7. The summed E-state index contributed by atoms with van der Waals surface area (Å²) < 4.78 is 5.27. The Labute approximate surface area is 153 Å². The molecule has 0 radical (unpaired) electrons. The molecule has 8 nitrogen and oxygen atoms in total. The topological polar surface area (TPSA) is 92.2 Å². The third-order valence-electron chi connectivity index (χ3n) is 4.26. The molecule has 26 heavy (non-hydrogen) atoms. The van der Waals surface area contributed by atoms with Gasteiger partial charge in [-0.1, -0.05) is 30.3 Å². The fourth-order valence-electron chi connectivity index (χ4n) is 2.96. The summed E-state index contributed by atoms with van der Waals surface area (Å²) in [4.78, 5) is 39.4. The lowest BCUT2D eigenvalue weighted by molar-refractivity contribution is -0.894. The first-order valence-electron chi connectivity index (χ1n) is 8.84. The Bertz CT molecular complexity index is 617. The molecule has 1 fully saturated rings. The van der Waals surface area contributed by atoms with Crippen molar-refractivity contribution in [3.05, 3.63) is 35.9 Å². The summed E-state index contributed by atoms with van der Waals surface area (Å²) in [7, 11) is 1.79. The third kappa shape index (κ3) is 5.53. The van der Waals surface area contributed by atoms with Crippen molar-refractivity contribution in [3.8, 4) is 0 Å². The number of nitrogens with one attached hydrogen (secondary N) is 3. The molecule has 1 heterocycles. The van der Waals surface area contributed by atoms with E-state index in [1.165, 1.54) is 0 Å². The van der Waals surface area contributed by atoms with E-state index in [9.17, 15) is 14.4 Å². The Balaban J connectivity index is 2.10. The van der Waals surface area contributed by atoms with E-state index in [1.807, 2.05) is 30.3 Å². The molecule has 2 rings (SSSR count). The number of quaternary nitrogens is 1. The Morgan fingerprint density at radius 2 is 1.85 bits per heavy atom. The van der Waals surface area contributed by atoms with Crippen LogP contribution in [-0.4, -0.2) is 69.2 Å². The smallest absolute Gasteiger partial charge is 0.321 e. The van der Waals surface area contributed by atoms with Crippen LogP contribution in [0.4, 0.5) is 4.79 Å². The number of nitrogens with zero attached hydrogens (tertiary/aromatic N) is 1. The summed E-state index contributed by atoms with van der Waals surface area (Å²) in [6.45, 7) is 4.54. The number of hydrogen-bond acceptors (Lipinski definition) is 4. The van der Waals surface area contributed by atoms with E-state index in [0.29, 0.717) is 37.7 Å².